The second-order valence-corrected chi connectivity index (χ2v) is 3.88. The maximum atomic E-state index is 11.8. The van der Waals surface area contributed by atoms with Crippen LogP contribution in [0.1, 0.15) is 10.6 Å². The fourth-order valence-corrected chi connectivity index (χ4v) is 1.61. The zero-order chi connectivity index (χ0) is 13.9. The van der Waals surface area contributed by atoms with E-state index in [9.17, 15) is 4.79 Å². The molecule has 3 rings (SSSR count). The van der Waals surface area contributed by atoms with Crippen molar-refractivity contribution in [2.24, 2.45) is 0 Å². The molecule has 0 aliphatic heterocycles. The smallest absolute Gasteiger partial charge is 0.293 e. The van der Waals surface area contributed by atoms with Gasteiger partial charge in [0.1, 0.15) is 12.7 Å². The summed E-state index contributed by atoms with van der Waals surface area (Å²) in [4.78, 5) is 19.4. The fourth-order valence-electron chi connectivity index (χ4n) is 1.61. The highest BCUT2D eigenvalue weighted by atomic mass is 16.2. The number of benzene rings is 1. The van der Waals surface area contributed by atoms with Crippen molar-refractivity contribution in [3.63, 3.8) is 0 Å². The number of hydrogen-bond donors (Lipinski definition) is 3. The highest BCUT2D eigenvalue weighted by Crippen LogP contribution is 2.12. The van der Waals surface area contributed by atoms with E-state index in [1.165, 1.54) is 6.33 Å². The van der Waals surface area contributed by atoms with Crippen molar-refractivity contribution in [3.8, 4) is 5.69 Å². The predicted molar refractivity (Wildman–Crippen MR) is 70.1 cm³/mol. The van der Waals surface area contributed by atoms with Gasteiger partial charge in [-0.25, -0.2) is 9.67 Å². The number of amides is 1. The molecule has 0 saturated heterocycles. The Bertz CT molecular complexity index is 715. The summed E-state index contributed by atoms with van der Waals surface area (Å²) < 4.78 is 1.61. The second-order valence-electron chi connectivity index (χ2n) is 3.88. The molecule has 100 valence electrons. The molecule has 0 saturated carbocycles. The number of carbonyl (C=O) groups excluding carboxylic acids is 1. The molecule has 0 spiro atoms. The number of aromatic amines is 1. The van der Waals surface area contributed by atoms with E-state index in [2.05, 4.69) is 30.6 Å². The topological polar surface area (TPSA) is 127 Å². The van der Waals surface area contributed by atoms with Gasteiger partial charge >= 0.3 is 0 Å². The van der Waals surface area contributed by atoms with Gasteiger partial charge < -0.3 is 11.1 Å². The van der Waals surface area contributed by atoms with Crippen LogP contribution in [0.5, 0.6) is 0 Å². The van der Waals surface area contributed by atoms with Crippen LogP contribution in [0.3, 0.4) is 0 Å². The third-order valence-electron chi connectivity index (χ3n) is 2.53. The van der Waals surface area contributed by atoms with Gasteiger partial charge in [0, 0.05) is 5.69 Å². The molecule has 0 aliphatic rings. The molecule has 3 aromatic rings. The zero-order valence-electron chi connectivity index (χ0n) is 10.2. The monoisotopic (exact) mass is 270 g/mol. The highest BCUT2D eigenvalue weighted by molar-refractivity contribution is 6.01. The van der Waals surface area contributed by atoms with E-state index in [0.29, 0.717) is 5.69 Å². The zero-order valence-corrected chi connectivity index (χ0v) is 10.2. The molecule has 0 unspecified atom stereocenters. The number of H-pyrrole nitrogens is 1. The number of nitrogen functional groups attached to an aromatic ring is 1. The van der Waals surface area contributed by atoms with E-state index < -0.39 is 5.91 Å². The van der Waals surface area contributed by atoms with Crippen LogP contribution < -0.4 is 11.1 Å². The van der Waals surface area contributed by atoms with E-state index in [1.54, 1.807) is 35.3 Å². The summed E-state index contributed by atoms with van der Waals surface area (Å²) in [5.74, 6) is -0.331. The average Bonchev–Trinajstić information content (AvgIpc) is 3.10. The number of rotatable bonds is 3. The van der Waals surface area contributed by atoms with E-state index >= 15 is 0 Å². The van der Waals surface area contributed by atoms with Gasteiger partial charge in [0.25, 0.3) is 5.91 Å². The number of hydrogen-bond acceptors (Lipinski definition) is 6. The minimum absolute atomic E-state index is 0.0247. The second kappa shape index (κ2) is 4.80. The van der Waals surface area contributed by atoms with Gasteiger partial charge in [-0.05, 0) is 24.3 Å². The molecule has 0 aliphatic carbocycles. The van der Waals surface area contributed by atoms with Crippen molar-refractivity contribution < 1.29 is 4.79 Å². The summed E-state index contributed by atoms with van der Waals surface area (Å²) in [6.45, 7) is 0. The van der Waals surface area contributed by atoms with Gasteiger partial charge in [-0.15, -0.1) is 5.10 Å². The number of nitrogens with zero attached hydrogens (tertiary/aromatic N) is 5. The minimum atomic E-state index is -0.414. The predicted octanol–water partition coefficient (Wildman–Crippen LogP) is 0.220. The molecular formula is C11H10N8O. The summed E-state index contributed by atoms with van der Waals surface area (Å²) in [6.07, 6.45) is 3.04. The molecule has 0 fully saturated rings. The Morgan fingerprint density at radius 2 is 2.10 bits per heavy atom. The number of carbonyl (C=O) groups is 1. The minimum Gasteiger partial charge on any atom is -0.366 e. The van der Waals surface area contributed by atoms with Crippen LogP contribution in [0.25, 0.3) is 5.69 Å². The van der Waals surface area contributed by atoms with Gasteiger partial charge in [0.05, 0.1) is 5.69 Å². The number of anilines is 2. The molecule has 0 bridgehead atoms. The Hall–Kier alpha value is -3.23. The molecule has 2 heterocycles. The molecule has 1 aromatic carbocycles. The summed E-state index contributed by atoms with van der Waals surface area (Å²) in [6, 6.07) is 7.10. The molecule has 2 aromatic heterocycles. The lowest BCUT2D eigenvalue weighted by Gasteiger charge is -2.04. The van der Waals surface area contributed by atoms with Crippen molar-refractivity contribution in [1.82, 2.24) is 29.9 Å². The average molecular weight is 270 g/mol. The SMILES string of the molecule is Nc1n[nH]c(C(=O)Nc2ccc(-n3cncn3)cc2)n1. The number of nitrogens with one attached hydrogen (secondary N) is 2. The third kappa shape index (κ3) is 2.32. The molecule has 4 N–H and O–H groups in total. The van der Waals surface area contributed by atoms with Crippen LogP contribution in [0.2, 0.25) is 0 Å². The summed E-state index contributed by atoms with van der Waals surface area (Å²) in [5, 5.41) is 12.7. The normalized spacial score (nSPS) is 10.4. The van der Waals surface area contributed by atoms with Crippen LogP contribution in [0.15, 0.2) is 36.9 Å². The Morgan fingerprint density at radius 3 is 2.70 bits per heavy atom. The molecule has 1 amide bonds. The molecule has 0 radical (unpaired) electrons. The van der Waals surface area contributed by atoms with Crippen LogP contribution >= 0.6 is 0 Å². The van der Waals surface area contributed by atoms with Gasteiger partial charge in [-0.1, -0.05) is 0 Å². The summed E-state index contributed by atoms with van der Waals surface area (Å²) >= 11 is 0. The lowest BCUT2D eigenvalue weighted by Crippen LogP contribution is -2.13. The van der Waals surface area contributed by atoms with Gasteiger partial charge in [-0.3, -0.25) is 9.89 Å². The lowest BCUT2D eigenvalue weighted by molar-refractivity contribution is 0.101. The first kappa shape index (κ1) is 11.8. The summed E-state index contributed by atoms with van der Waals surface area (Å²) in [7, 11) is 0. The van der Waals surface area contributed by atoms with Crippen molar-refractivity contribution in [1.29, 1.82) is 0 Å². The Labute approximate surface area is 112 Å². The molecule has 0 atom stereocenters. The van der Waals surface area contributed by atoms with E-state index in [4.69, 9.17) is 5.73 Å². The van der Waals surface area contributed by atoms with Crippen LogP contribution in [-0.4, -0.2) is 35.9 Å². The van der Waals surface area contributed by atoms with Crippen molar-refractivity contribution in [2.75, 3.05) is 11.1 Å². The van der Waals surface area contributed by atoms with Crippen LogP contribution in [0.4, 0.5) is 11.6 Å². The van der Waals surface area contributed by atoms with Crippen molar-refractivity contribution in [2.45, 2.75) is 0 Å². The maximum Gasteiger partial charge on any atom is 0.293 e. The number of nitrogens with two attached hydrogens (primary N) is 1. The first-order valence-corrected chi connectivity index (χ1v) is 5.66. The Morgan fingerprint density at radius 1 is 1.30 bits per heavy atom. The van der Waals surface area contributed by atoms with Gasteiger partial charge in [-0.2, -0.15) is 10.1 Å². The molecule has 9 nitrogen and oxygen atoms in total. The first-order valence-electron chi connectivity index (χ1n) is 5.66. The maximum absolute atomic E-state index is 11.8. The van der Waals surface area contributed by atoms with Gasteiger partial charge in [0.2, 0.25) is 11.8 Å². The van der Waals surface area contributed by atoms with E-state index in [-0.39, 0.29) is 11.8 Å². The van der Waals surface area contributed by atoms with Crippen molar-refractivity contribution >= 4 is 17.5 Å². The highest BCUT2D eigenvalue weighted by Gasteiger charge is 2.10. The van der Waals surface area contributed by atoms with E-state index in [0.717, 1.165) is 5.69 Å². The third-order valence-corrected chi connectivity index (χ3v) is 2.53. The number of aromatic nitrogens is 6. The van der Waals surface area contributed by atoms with Crippen molar-refractivity contribution in [3.05, 3.63) is 42.7 Å². The molecular weight excluding hydrogens is 260 g/mol. The lowest BCUT2D eigenvalue weighted by atomic mass is 10.3. The molecule has 20 heavy (non-hydrogen) atoms. The standard InChI is InChI=1S/C11H10N8O/c12-11-16-9(17-18-11)10(20)15-7-1-3-8(4-2-7)19-6-13-5-14-19/h1-6H,(H,15,20)(H3,12,16,17,18). The molecule has 9 heteroatoms. The fraction of sp³-hybridized carbons (Fsp3) is 0. The Balaban J connectivity index is 1.74. The van der Waals surface area contributed by atoms with E-state index in [1.807, 2.05) is 0 Å². The Kier molecular flexibility index (Phi) is 2.84. The quantitative estimate of drug-likeness (QED) is 0.624. The van der Waals surface area contributed by atoms with Gasteiger partial charge in [0.15, 0.2) is 0 Å². The first-order chi connectivity index (χ1) is 9.72. The largest absolute Gasteiger partial charge is 0.366 e. The summed E-state index contributed by atoms with van der Waals surface area (Å²) in [5.41, 5.74) is 6.79. The van der Waals surface area contributed by atoms with Crippen LogP contribution in [0, 0.1) is 0 Å². The van der Waals surface area contributed by atoms with Crippen LogP contribution in [-0.2, 0) is 0 Å².